The van der Waals surface area contributed by atoms with Gasteiger partial charge in [0, 0.05) is 18.2 Å². The van der Waals surface area contributed by atoms with Crippen LogP contribution in [0.1, 0.15) is 0 Å². The molecule has 0 saturated carbocycles. The van der Waals surface area contributed by atoms with Crippen LogP contribution < -0.4 is 15.2 Å². The van der Waals surface area contributed by atoms with E-state index in [1.807, 2.05) is 0 Å². The van der Waals surface area contributed by atoms with E-state index >= 15 is 0 Å². The summed E-state index contributed by atoms with van der Waals surface area (Å²) in [5, 5.41) is 4.00. The van der Waals surface area contributed by atoms with Gasteiger partial charge >= 0.3 is 0 Å². The molecule has 0 aliphatic carbocycles. The van der Waals surface area contributed by atoms with Crippen molar-refractivity contribution in [2.45, 2.75) is 0 Å². The molecule has 5 nitrogen and oxygen atoms in total. The summed E-state index contributed by atoms with van der Waals surface area (Å²) >= 11 is 3.16. The van der Waals surface area contributed by atoms with Crippen LogP contribution in [0.4, 0.5) is 10.2 Å². The van der Waals surface area contributed by atoms with Gasteiger partial charge in [-0.2, -0.15) is 5.10 Å². The molecule has 2 N–H and O–H groups in total. The zero-order valence-corrected chi connectivity index (χ0v) is 12.3. The topological polar surface area (TPSA) is 62.3 Å². The Morgan fingerprint density at radius 3 is 2.47 bits per heavy atom. The Morgan fingerprint density at radius 1 is 1.32 bits per heavy atom. The number of benzene rings is 1. The summed E-state index contributed by atoms with van der Waals surface area (Å²) in [4.78, 5) is 0. The Morgan fingerprint density at radius 2 is 2.00 bits per heavy atom. The number of rotatable bonds is 3. The smallest absolute Gasteiger partial charge is 0.177 e. The normalized spacial score (nSPS) is 10.6. The van der Waals surface area contributed by atoms with E-state index in [1.165, 1.54) is 31.2 Å². The van der Waals surface area contributed by atoms with Crippen molar-refractivity contribution in [3.8, 4) is 22.6 Å². The van der Waals surface area contributed by atoms with Crippen LogP contribution in [-0.4, -0.2) is 24.0 Å². The molecule has 0 fully saturated rings. The molecule has 0 atom stereocenters. The van der Waals surface area contributed by atoms with Crippen molar-refractivity contribution in [2.24, 2.45) is 7.05 Å². The zero-order valence-electron chi connectivity index (χ0n) is 10.7. The molecule has 0 spiro atoms. The van der Waals surface area contributed by atoms with Crippen LogP contribution in [0, 0.1) is 5.82 Å². The van der Waals surface area contributed by atoms with E-state index in [9.17, 15) is 4.39 Å². The van der Waals surface area contributed by atoms with Crippen LogP contribution >= 0.6 is 15.9 Å². The largest absolute Gasteiger partial charge is 0.493 e. The van der Waals surface area contributed by atoms with Crippen molar-refractivity contribution in [3.05, 3.63) is 22.6 Å². The molecular weight excluding hydrogens is 317 g/mol. The number of halogens is 2. The molecule has 102 valence electrons. The molecule has 1 aromatic heterocycles. The second-order valence-corrected chi connectivity index (χ2v) is 4.65. The molecule has 0 saturated heterocycles. The van der Waals surface area contributed by atoms with E-state index in [2.05, 4.69) is 21.0 Å². The summed E-state index contributed by atoms with van der Waals surface area (Å²) in [5.41, 5.74) is 6.66. The highest BCUT2D eigenvalue weighted by Crippen LogP contribution is 2.43. The standard InChI is InChI=1S/C12H13BrFN3O2/c1-17-12(15)7(5-16-17)6-4-8(18-2)11(19-3)9(13)10(6)14/h4-5H,15H2,1-3H3. The lowest BCUT2D eigenvalue weighted by Gasteiger charge is -2.13. The number of methoxy groups -OCH3 is 2. The first-order valence-electron chi connectivity index (χ1n) is 5.39. The Bertz CT molecular complexity index is 628. The maximum absolute atomic E-state index is 14.4. The lowest BCUT2D eigenvalue weighted by molar-refractivity contribution is 0.350. The molecule has 2 rings (SSSR count). The lowest BCUT2D eigenvalue weighted by atomic mass is 10.1. The molecule has 19 heavy (non-hydrogen) atoms. The van der Waals surface area contributed by atoms with Gasteiger partial charge in [-0.3, -0.25) is 4.68 Å². The first kappa shape index (κ1) is 13.7. The zero-order chi connectivity index (χ0) is 14.2. The van der Waals surface area contributed by atoms with Crippen LogP contribution in [0.25, 0.3) is 11.1 Å². The number of nitrogen functional groups attached to an aromatic ring is 1. The molecule has 1 heterocycles. The summed E-state index contributed by atoms with van der Waals surface area (Å²) < 4.78 is 26.3. The Kier molecular flexibility index (Phi) is 3.66. The first-order valence-corrected chi connectivity index (χ1v) is 6.18. The van der Waals surface area contributed by atoms with Crippen molar-refractivity contribution in [2.75, 3.05) is 20.0 Å². The Balaban J connectivity index is 2.71. The Hall–Kier alpha value is -1.76. The molecule has 2 aromatic rings. The van der Waals surface area contributed by atoms with Gasteiger partial charge in [0.1, 0.15) is 11.6 Å². The van der Waals surface area contributed by atoms with Gasteiger partial charge in [-0.1, -0.05) is 0 Å². The number of ether oxygens (including phenoxy) is 2. The summed E-state index contributed by atoms with van der Waals surface area (Å²) in [5.74, 6) is 0.607. The number of aromatic nitrogens is 2. The lowest BCUT2D eigenvalue weighted by Crippen LogP contribution is -2.00. The number of hydrogen-bond acceptors (Lipinski definition) is 4. The number of nitrogens with zero attached hydrogens (tertiary/aromatic N) is 2. The van der Waals surface area contributed by atoms with Crippen molar-refractivity contribution < 1.29 is 13.9 Å². The fraction of sp³-hybridized carbons (Fsp3) is 0.250. The maximum Gasteiger partial charge on any atom is 0.177 e. The van der Waals surface area contributed by atoms with Crippen LogP contribution in [-0.2, 0) is 7.05 Å². The number of aryl methyl sites for hydroxylation is 1. The van der Waals surface area contributed by atoms with E-state index in [1.54, 1.807) is 7.05 Å². The fourth-order valence-corrected chi connectivity index (χ4v) is 2.35. The van der Waals surface area contributed by atoms with E-state index in [-0.39, 0.29) is 4.47 Å². The van der Waals surface area contributed by atoms with Crippen LogP contribution in [0.15, 0.2) is 16.7 Å². The van der Waals surface area contributed by atoms with Gasteiger partial charge in [0.05, 0.1) is 24.9 Å². The molecule has 0 radical (unpaired) electrons. The third-order valence-electron chi connectivity index (χ3n) is 2.83. The molecule has 0 unspecified atom stereocenters. The molecule has 1 aromatic carbocycles. The quantitative estimate of drug-likeness (QED) is 0.940. The summed E-state index contributed by atoms with van der Waals surface area (Å²) in [6, 6.07) is 1.53. The predicted molar refractivity (Wildman–Crippen MR) is 73.8 cm³/mol. The Labute approximate surface area is 118 Å². The van der Waals surface area contributed by atoms with Gasteiger partial charge in [0.25, 0.3) is 0 Å². The van der Waals surface area contributed by atoms with Crippen LogP contribution in [0.5, 0.6) is 11.5 Å². The van der Waals surface area contributed by atoms with Gasteiger partial charge in [-0.15, -0.1) is 0 Å². The molecule has 0 bridgehead atoms. The van der Waals surface area contributed by atoms with Gasteiger partial charge in [-0.25, -0.2) is 4.39 Å². The minimum absolute atomic E-state index is 0.188. The highest BCUT2D eigenvalue weighted by Gasteiger charge is 2.21. The van der Waals surface area contributed by atoms with E-state index < -0.39 is 5.82 Å². The van der Waals surface area contributed by atoms with Crippen LogP contribution in [0.2, 0.25) is 0 Å². The molecular formula is C12H13BrFN3O2. The average molecular weight is 330 g/mol. The second-order valence-electron chi connectivity index (χ2n) is 3.85. The SMILES string of the molecule is COc1cc(-c2cnn(C)c2N)c(F)c(Br)c1OC. The minimum Gasteiger partial charge on any atom is -0.493 e. The third-order valence-corrected chi connectivity index (χ3v) is 3.53. The van der Waals surface area contributed by atoms with Crippen molar-refractivity contribution >= 4 is 21.7 Å². The second kappa shape index (κ2) is 5.08. The van der Waals surface area contributed by atoms with Crippen LogP contribution in [0.3, 0.4) is 0 Å². The highest BCUT2D eigenvalue weighted by atomic mass is 79.9. The summed E-state index contributed by atoms with van der Waals surface area (Å²) in [6.45, 7) is 0. The van der Waals surface area contributed by atoms with E-state index in [0.29, 0.717) is 28.4 Å². The van der Waals surface area contributed by atoms with Gasteiger partial charge in [0.2, 0.25) is 0 Å². The molecule has 0 aliphatic heterocycles. The molecule has 7 heteroatoms. The van der Waals surface area contributed by atoms with Crippen molar-refractivity contribution in [1.82, 2.24) is 9.78 Å². The van der Waals surface area contributed by atoms with Gasteiger partial charge in [0.15, 0.2) is 11.5 Å². The van der Waals surface area contributed by atoms with E-state index in [4.69, 9.17) is 15.2 Å². The molecule has 0 amide bonds. The predicted octanol–water partition coefficient (Wildman–Crippen LogP) is 2.59. The highest BCUT2D eigenvalue weighted by molar-refractivity contribution is 9.10. The average Bonchev–Trinajstić information content (AvgIpc) is 2.73. The number of nitrogens with two attached hydrogens (primary N) is 1. The monoisotopic (exact) mass is 329 g/mol. The fourth-order valence-electron chi connectivity index (χ4n) is 1.78. The number of anilines is 1. The molecule has 0 aliphatic rings. The number of hydrogen-bond donors (Lipinski definition) is 1. The summed E-state index contributed by atoms with van der Waals surface area (Å²) in [7, 11) is 4.62. The maximum atomic E-state index is 14.4. The van der Waals surface area contributed by atoms with E-state index in [0.717, 1.165) is 0 Å². The van der Waals surface area contributed by atoms with Crippen molar-refractivity contribution in [1.29, 1.82) is 0 Å². The first-order chi connectivity index (χ1) is 9.01. The summed E-state index contributed by atoms with van der Waals surface area (Å²) in [6.07, 6.45) is 1.51. The van der Waals surface area contributed by atoms with Gasteiger partial charge < -0.3 is 15.2 Å². The third kappa shape index (κ3) is 2.14. The van der Waals surface area contributed by atoms with Crippen molar-refractivity contribution in [3.63, 3.8) is 0 Å². The minimum atomic E-state index is -0.475. The van der Waals surface area contributed by atoms with Gasteiger partial charge in [-0.05, 0) is 22.0 Å².